The van der Waals surface area contributed by atoms with Gasteiger partial charge in [0.2, 0.25) is 11.8 Å². The number of rotatable bonds is 13. The maximum absolute atomic E-state index is 13.4. The summed E-state index contributed by atoms with van der Waals surface area (Å²) in [4.78, 5) is 51.1. The number of hydrogen-bond acceptors (Lipinski definition) is 7. The molecule has 220 valence electrons. The number of phenolic OH excluding ortho intramolecular Hbond substituents is 2. The first-order valence-corrected chi connectivity index (χ1v) is 13.5. The summed E-state index contributed by atoms with van der Waals surface area (Å²) in [5, 5.41) is 26.9. The molecule has 0 aromatic heterocycles. The number of aryl methyl sites for hydroxylation is 1. The molecule has 3 aromatic rings. The monoisotopic (exact) mass is 574 g/mol. The Hall–Kier alpha value is -4.90. The van der Waals surface area contributed by atoms with Crippen molar-refractivity contribution >= 4 is 23.6 Å². The van der Waals surface area contributed by atoms with Crippen molar-refractivity contribution in [2.24, 2.45) is 5.73 Å². The second-order valence-corrected chi connectivity index (χ2v) is 10.3. The van der Waals surface area contributed by atoms with Gasteiger partial charge >= 0.3 is 0 Å². The predicted molar refractivity (Wildman–Crippen MR) is 153 cm³/mol. The molecular formula is C31H34N4O7. The average Bonchev–Trinajstić information content (AvgIpc) is 3.77. The van der Waals surface area contributed by atoms with Crippen LogP contribution in [0, 0.1) is 6.92 Å². The first kappa shape index (κ1) is 30.1. The number of benzene rings is 3. The highest BCUT2D eigenvalue weighted by molar-refractivity contribution is 5.97. The number of phenols is 2. The predicted octanol–water partition coefficient (Wildman–Crippen LogP) is 0.773. The quantitative estimate of drug-likeness (QED) is 0.163. The Morgan fingerprint density at radius 1 is 0.738 bits per heavy atom. The van der Waals surface area contributed by atoms with Crippen molar-refractivity contribution in [3.8, 4) is 11.5 Å². The lowest BCUT2D eigenvalue weighted by Gasteiger charge is -2.22. The number of epoxide rings is 1. The Morgan fingerprint density at radius 3 is 1.81 bits per heavy atom. The highest BCUT2D eigenvalue weighted by Gasteiger charge is 2.50. The Morgan fingerprint density at radius 2 is 1.24 bits per heavy atom. The minimum Gasteiger partial charge on any atom is -0.508 e. The first-order chi connectivity index (χ1) is 20.1. The maximum Gasteiger partial charge on any atom is 0.253 e. The average molecular weight is 575 g/mol. The SMILES string of the molecule is Cc1ccc(C[C@H](NC(=O)C2O[C@@H]2C(=O)NCCc2ccc(O)cc2)C(=O)N[C@@H](Cc2ccc(O)cc2)C(N)=O)cc1. The lowest BCUT2D eigenvalue weighted by Crippen LogP contribution is -2.55. The Balaban J connectivity index is 1.37. The molecule has 0 radical (unpaired) electrons. The number of carbonyl (C=O) groups is 4. The van der Waals surface area contributed by atoms with Gasteiger partial charge in [0.25, 0.3) is 11.8 Å². The zero-order valence-electron chi connectivity index (χ0n) is 23.1. The molecule has 0 saturated carbocycles. The van der Waals surface area contributed by atoms with Crippen molar-refractivity contribution in [2.45, 2.75) is 50.5 Å². The summed E-state index contributed by atoms with van der Waals surface area (Å²) in [7, 11) is 0. The van der Waals surface area contributed by atoms with Crippen molar-refractivity contribution in [2.75, 3.05) is 6.54 Å². The van der Waals surface area contributed by atoms with Crippen LogP contribution in [0.1, 0.15) is 22.3 Å². The molecule has 1 aliphatic rings. The molecule has 4 amide bonds. The summed E-state index contributed by atoms with van der Waals surface area (Å²) < 4.78 is 5.33. The Kier molecular flexibility index (Phi) is 9.77. The molecule has 1 heterocycles. The van der Waals surface area contributed by atoms with Gasteiger partial charge in [-0.25, -0.2) is 0 Å². The topological polar surface area (TPSA) is 183 Å². The summed E-state index contributed by atoms with van der Waals surface area (Å²) in [5.41, 5.74) is 8.95. The molecule has 11 nitrogen and oxygen atoms in total. The number of carbonyl (C=O) groups excluding carboxylic acids is 4. The summed E-state index contributed by atoms with van der Waals surface area (Å²) in [6.45, 7) is 2.24. The standard InChI is InChI=1S/C31H34N4O7/c1-18-2-4-20(5-3-18)17-25(29(39)34-24(28(32)38)16-21-8-12-23(37)13-9-21)35-31(41)27-26(42-27)30(40)33-15-14-19-6-10-22(36)11-7-19/h2-13,24-27,36-37H,14-17H2,1H3,(H2,32,38)(H,33,40)(H,34,39)(H,35,41)/t24-,25-,26-,27?/m0/s1. The van der Waals surface area contributed by atoms with E-state index in [0.29, 0.717) is 18.5 Å². The molecule has 0 spiro atoms. The van der Waals surface area contributed by atoms with Crippen molar-refractivity contribution in [1.82, 2.24) is 16.0 Å². The van der Waals surface area contributed by atoms with Crippen LogP contribution < -0.4 is 21.7 Å². The van der Waals surface area contributed by atoms with Crippen molar-refractivity contribution in [3.63, 3.8) is 0 Å². The van der Waals surface area contributed by atoms with E-state index in [1.54, 1.807) is 36.4 Å². The lowest BCUT2D eigenvalue weighted by molar-refractivity contribution is -0.131. The number of aromatic hydroxyl groups is 2. The van der Waals surface area contributed by atoms with E-state index in [-0.39, 0.29) is 24.3 Å². The van der Waals surface area contributed by atoms with Crippen LogP contribution in [0.5, 0.6) is 11.5 Å². The van der Waals surface area contributed by atoms with Crippen LogP contribution in [0.3, 0.4) is 0 Å². The van der Waals surface area contributed by atoms with Crippen molar-refractivity contribution < 1.29 is 34.1 Å². The lowest BCUT2D eigenvalue weighted by atomic mass is 10.0. The highest BCUT2D eigenvalue weighted by Crippen LogP contribution is 2.23. The number of nitrogens with one attached hydrogen (secondary N) is 3. The van der Waals surface area contributed by atoms with E-state index in [0.717, 1.165) is 16.7 Å². The highest BCUT2D eigenvalue weighted by atomic mass is 16.6. The van der Waals surface area contributed by atoms with Gasteiger partial charge in [-0.15, -0.1) is 0 Å². The molecule has 1 aliphatic heterocycles. The molecule has 1 fully saturated rings. The van der Waals surface area contributed by atoms with E-state index in [9.17, 15) is 29.4 Å². The second-order valence-electron chi connectivity index (χ2n) is 10.3. The smallest absolute Gasteiger partial charge is 0.253 e. The van der Waals surface area contributed by atoms with Crippen LogP contribution in [0.2, 0.25) is 0 Å². The number of hydrogen-bond donors (Lipinski definition) is 6. The third-order valence-corrected chi connectivity index (χ3v) is 6.89. The Labute approximate surface area is 243 Å². The summed E-state index contributed by atoms with van der Waals surface area (Å²) in [6, 6.07) is 18.1. The van der Waals surface area contributed by atoms with Crippen LogP contribution in [0.4, 0.5) is 0 Å². The van der Waals surface area contributed by atoms with E-state index < -0.39 is 47.9 Å². The molecule has 0 bridgehead atoms. The van der Waals surface area contributed by atoms with E-state index >= 15 is 0 Å². The van der Waals surface area contributed by atoms with E-state index in [1.165, 1.54) is 12.1 Å². The molecule has 3 aromatic carbocycles. The van der Waals surface area contributed by atoms with Crippen LogP contribution in [0.25, 0.3) is 0 Å². The number of primary amides is 1. The molecule has 11 heteroatoms. The van der Waals surface area contributed by atoms with Gasteiger partial charge in [-0.2, -0.15) is 0 Å². The molecule has 4 atom stereocenters. The van der Waals surface area contributed by atoms with Gasteiger partial charge in [-0.1, -0.05) is 54.1 Å². The largest absolute Gasteiger partial charge is 0.508 e. The third-order valence-electron chi connectivity index (χ3n) is 6.89. The van der Waals surface area contributed by atoms with Crippen LogP contribution in [-0.4, -0.2) is 64.7 Å². The summed E-state index contributed by atoms with van der Waals surface area (Å²) in [5.74, 6) is -2.24. The van der Waals surface area contributed by atoms with E-state index in [1.807, 2.05) is 31.2 Å². The van der Waals surface area contributed by atoms with E-state index in [4.69, 9.17) is 10.5 Å². The third kappa shape index (κ3) is 8.55. The number of amides is 4. The Bertz CT molecular complexity index is 1410. The number of nitrogens with two attached hydrogens (primary N) is 1. The minimum atomic E-state index is -1.08. The van der Waals surface area contributed by atoms with Crippen LogP contribution in [0.15, 0.2) is 72.8 Å². The fourth-order valence-electron chi connectivity index (χ4n) is 4.39. The van der Waals surface area contributed by atoms with Gasteiger partial charge in [-0.3, -0.25) is 19.2 Å². The molecule has 1 saturated heterocycles. The fraction of sp³-hybridized carbons (Fsp3) is 0.290. The van der Waals surface area contributed by atoms with Crippen LogP contribution in [-0.2, 0) is 43.2 Å². The van der Waals surface area contributed by atoms with Gasteiger partial charge in [0.15, 0.2) is 12.2 Å². The zero-order valence-corrected chi connectivity index (χ0v) is 23.1. The van der Waals surface area contributed by atoms with Crippen molar-refractivity contribution in [3.05, 3.63) is 95.1 Å². The molecule has 7 N–H and O–H groups in total. The van der Waals surface area contributed by atoms with Crippen LogP contribution >= 0.6 is 0 Å². The second kappa shape index (κ2) is 13.6. The van der Waals surface area contributed by atoms with E-state index in [2.05, 4.69) is 16.0 Å². The minimum absolute atomic E-state index is 0.0610. The summed E-state index contributed by atoms with van der Waals surface area (Å²) >= 11 is 0. The maximum atomic E-state index is 13.4. The normalized spacial score (nSPS) is 17.0. The van der Waals surface area contributed by atoms with Gasteiger partial charge in [0.05, 0.1) is 0 Å². The zero-order chi connectivity index (χ0) is 30.2. The van der Waals surface area contributed by atoms with Gasteiger partial charge in [0, 0.05) is 19.4 Å². The molecule has 4 rings (SSSR count). The van der Waals surface area contributed by atoms with Gasteiger partial charge in [0.1, 0.15) is 23.6 Å². The van der Waals surface area contributed by atoms with Gasteiger partial charge < -0.3 is 36.6 Å². The molecule has 0 aliphatic carbocycles. The fourth-order valence-corrected chi connectivity index (χ4v) is 4.39. The number of ether oxygens (including phenoxy) is 1. The molecular weight excluding hydrogens is 540 g/mol. The molecule has 1 unspecified atom stereocenters. The van der Waals surface area contributed by atoms with Crippen molar-refractivity contribution in [1.29, 1.82) is 0 Å². The van der Waals surface area contributed by atoms with Gasteiger partial charge in [-0.05, 0) is 54.3 Å². The molecule has 42 heavy (non-hydrogen) atoms. The first-order valence-electron chi connectivity index (χ1n) is 13.5. The summed E-state index contributed by atoms with van der Waals surface area (Å²) in [6.07, 6.45) is -1.31.